The number of ether oxygens (including phenoxy) is 1. The first kappa shape index (κ1) is 10.1. The number of aromatic nitrogens is 2. The van der Waals surface area contributed by atoms with E-state index in [0.29, 0.717) is 5.89 Å². The summed E-state index contributed by atoms with van der Waals surface area (Å²) in [6, 6.07) is -0.434. The minimum Gasteiger partial charge on any atom is -0.420 e. The highest BCUT2D eigenvalue weighted by Gasteiger charge is 2.19. The molecule has 6 nitrogen and oxygen atoms in total. The van der Waals surface area contributed by atoms with Crippen molar-refractivity contribution in [2.45, 2.75) is 25.7 Å². The molecule has 3 N–H and O–H groups in total. The number of aliphatic hydroxyl groups is 1. The van der Waals surface area contributed by atoms with Gasteiger partial charge in [0, 0.05) is 13.2 Å². The lowest BCUT2D eigenvalue weighted by molar-refractivity contribution is 0.111. The van der Waals surface area contributed by atoms with Crippen molar-refractivity contribution in [3.05, 3.63) is 11.8 Å². The summed E-state index contributed by atoms with van der Waals surface area (Å²) in [6.07, 6.45) is -0.918. The largest absolute Gasteiger partial charge is 0.420 e. The van der Waals surface area contributed by atoms with Gasteiger partial charge in [0.2, 0.25) is 11.8 Å². The van der Waals surface area contributed by atoms with E-state index in [9.17, 15) is 5.11 Å². The van der Waals surface area contributed by atoms with Crippen LogP contribution in [-0.4, -0.2) is 28.5 Å². The molecule has 0 fully saturated rings. The van der Waals surface area contributed by atoms with Crippen molar-refractivity contribution < 1.29 is 14.3 Å². The molecular formula is C7H13N3O3. The Bertz CT molecular complexity index is 261. The fourth-order valence-corrected chi connectivity index (χ4v) is 0.793. The summed E-state index contributed by atoms with van der Waals surface area (Å²) in [5, 5.41) is 16.7. The predicted octanol–water partition coefficient (Wildman–Crippen LogP) is -0.403. The van der Waals surface area contributed by atoms with Gasteiger partial charge >= 0.3 is 0 Å². The van der Waals surface area contributed by atoms with Crippen molar-refractivity contribution in [3.63, 3.8) is 0 Å². The molecule has 1 rings (SSSR count). The summed E-state index contributed by atoms with van der Waals surface area (Å²) in [7, 11) is 1.52. The van der Waals surface area contributed by atoms with Crippen molar-refractivity contribution in [1.29, 1.82) is 0 Å². The van der Waals surface area contributed by atoms with Crippen LogP contribution in [0.4, 0.5) is 0 Å². The molecule has 1 heterocycles. The van der Waals surface area contributed by atoms with E-state index in [2.05, 4.69) is 10.2 Å². The third-order valence-electron chi connectivity index (χ3n) is 1.50. The van der Waals surface area contributed by atoms with Gasteiger partial charge in [-0.25, -0.2) is 0 Å². The third kappa shape index (κ3) is 2.48. The van der Waals surface area contributed by atoms with Crippen LogP contribution in [-0.2, 0) is 11.3 Å². The van der Waals surface area contributed by atoms with E-state index < -0.39 is 12.1 Å². The molecule has 0 amide bonds. The van der Waals surface area contributed by atoms with Crippen LogP contribution in [0.2, 0.25) is 0 Å². The molecule has 0 bridgehead atoms. The second kappa shape index (κ2) is 4.31. The van der Waals surface area contributed by atoms with Crippen molar-refractivity contribution >= 4 is 0 Å². The number of hydrogen-bond donors (Lipinski definition) is 2. The summed E-state index contributed by atoms with van der Waals surface area (Å²) < 4.78 is 9.84. The molecule has 2 atom stereocenters. The summed E-state index contributed by atoms with van der Waals surface area (Å²) in [5.41, 5.74) is 5.44. The molecule has 74 valence electrons. The molecule has 13 heavy (non-hydrogen) atoms. The molecule has 2 unspecified atom stereocenters. The number of hydrogen-bond acceptors (Lipinski definition) is 6. The van der Waals surface area contributed by atoms with E-state index in [-0.39, 0.29) is 12.5 Å². The number of methoxy groups -OCH3 is 1. The summed E-state index contributed by atoms with van der Waals surface area (Å²) in [6.45, 7) is 1.89. The summed E-state index contributed by atoms with van der Waals surface area (Å²) >= 11 is 0. The minimum absolute atomic E-state index is 0.127. The van der Waals surface area contributed by atoms with E-state index in [4.69, 9.17) is 14.9 Å². The van der Waals surface area contributed by atoms with Crippen molar-refractivity contribution in [2.24, 2.45) is 5.73 Å². The van der Waals surface area contributed by atoms with Crippen LogP contribution in [0.25, 0.3) is 0 Å². The predicted molar refractivity (Wildman–Crippen MR) is 43.6 cm³/mol. The van der Waals surface area contributed by atoms with Gasteiger partial charge in [0.25, 0.3) is 0 Å². The Morgan fingerprint density at radius 1 is 1.62 bits per heavy atom. The van der Waals surface area contributed by atoms with Crippen LogP contribution < -0.4 is 5.73 Å². The van der Waals surface area contributed by atoms with Gasteiger partial charge in [-0.2, -0.15) is 0 Å². The SMILES string of the molecule is COCc1nnc(C(O)C(C)N)o1. The second-order valence-corrected chi connectivity index (χ2v) is 2.77. The van der Waals surface area contributed by atoms with Gasteiger partial charge in [0.1, 0.15) is 12.7 Å². The van der Waals surface area contributed by atoms with Gasteiger partial charge < -0.3 is 20.0 Å². The molecule has 0 aliphatic rings. The standard InChI is InChI=1S/C7H13N3O3/c1-4(8)6(11)7-10-9-5(13-7)3-12-2/h4,6,11H,3,8H2,1-2H3. The highest BCUT2D eigenvalue weighted by Crippen LogP contribution is 2.13. The van der Waals surface area contributed by atoms with Gasteiger partial charge in [-0.1, -0.05) is 0 Å². The average molecular weight is 187 g/mol. The smallest absolute Gasteiger partial charge is 0.246 e. The summed E-state index contributed by atoms with van der Waals surface area (Å²) in [5.74, 6) is 0.458. The van der Waals surface area contributed by atoms with Gasteiger partial charge in [-0.3, -0.25) is 0 Å². The first-order valence-corrected chi connectivity index (χ1v) is 3.90. The van der Waals surface area contributed by atoms with E-state index in [0.717, 1.165) is 0 Å². The Balaban J connectivity index is 2.67. The number of rotatable bonds is 4. The first-order valence-electron chi connectivity index (χ1n) is 3.90. The average Bonchev–Trinajstić information content (AvgIpc) is 2.52. The molecule has 1 aromatic heterocycles. The van der Waals surface area contributed by atoms with E-state index in [1.165, 1.54) is 7.11 Å². The maximum atomic E-state index is 9.42. The molecule has 0 saturated carbocycles. The monoisotopic (exact) mass is 187 g/mol. The van der Waals surface area contributed by atoms with E-state index in [1.807, 2.05) is 0 Å². The Hall–Kier alpha value is -0.980. The quantitative estimate of drug-likeness (QED) is 0.665. The third-order valence-corrected chi connectivity index (χ3v) is 1.50. The number of aliphatic hydroxyl groups excluding tert-OH is 1. The van der Waals surface area contributed by atoms with Crippen molar-refractivity contribution in [1.82, 2.24) is 10.2 Å². The lowest BCUT2D eigenvalue weighted by atomic mass is 10.2. The molecule has 0 saturated heterocycles. The maximum Gasteiger partial charge on any atom is 0.246 e. The fourth-order valence-electron chi connectivity index (χ4n) is 0.793. The molecular weight excluding hydrogens is 174 g/mol. The highest BCUT2D eigenvalue weighted by molar-refractivity contribution is 4.88. The lowest BCUT2D eigenvalue weighted by Gasteiger charge is -2.08. The summed E-state index contributed by atoms with van der Waals surface area (Å²) in [4.78, 5) is 0. The van der Waals surface area contributed by atoms with Gasteiger partial charge in [-0.05, 0) is 6.92 Å². The van der Waals surface area contributed by atoms with Gasteiger partial charge in [0.05, 0.1) is 0 Å². The Labute approximate surface area is 75.7 Å². The van der Waals surface area contributed by atoms with E-state index >= 15 is 0 Å². The molecule has 6 heteroatoms. The normalized spacial score (nSPS) is 15.7. The second-order valence-electron chi connectivity index (χ2n) is 2.77. The van der Waals surface area contributed by atoms with Crippen LogP contribution in [0, 0.1) is 0 Å². The molecule has 0 aliphatic heterocycles. The molecule has 0 spiro atoms. The van der Waals surface area contributed by atoms with Gasteiger partial charge in [0.15, 0.2) is 0 Å². The highest BCUT2D eigenvalue weighted by atomic mass is 16.5. The maximum absolute atomic E-state index is 9.42. The number of nitrogens with two attached hydrogens (primary N) is 1. The van der Waals surface area contributed by atoms with Crippen LogP contribution in [0.5, 0.6) is 0 Å². The van der Waals surface area contributed by atoms with E-state index in [1.54, 1.807) is 6.92 Å². The molecule has 0 radical (unpaired) electrons. The molecule has 0 aromatic carbocycles. The Morgan fingerprint density at radius 3 is 2.85 bits per heavy atom. The van der Waals surface area contributed by atoms with Crippen LogP contribution in [0.15, 0.2) is 4.42 Å². The zero-order chi connectivity index (χ0) is 9.84. The minimum atomic E-state index is -0.918. The zero-order valence-corrected chi connectivity index (χ0v) is 7.60. The first-order chi connectivity index (χ1) is 6.15. The molecule has 1 aromatic rings. The van der Waals surface area contributed by atoms with Crippen LogP contribution >= 0.6 is 0 Å². The lowest BCUT2D eigenvalue weighted by Crippen LogP contribution is -2.24. The number of nitrogens with zero attached hydrogens (tertiary/aromatic N) is 2. The molecule has 0 aliphatic carbocycles. The topological polar surface area (TPSA) is 94.4 Å². The van der Waals surface area contributed by atoms with Crippen LogP contribution in [0.1, 0.15) is 24.8 Å². The van der Waals surface area contributed by atoms with Crippen LogP contribution in [0.3, 0.4) is 0 Å². The Kier molecular flexibility index (Phi) is 3.35. The van der Waals surface area contributed by atoms with Gasteiger partial charge in [-0.15, -0.1) is 10.2 Å². The van der Waals surface area contributed by atoms with Crippen molar-refractivity contribution in [2.75, 3.05) is 7.11 Å². The Morgan fingerprint density at radius 2 is 2.31 bits per heavy atom. The fraction of sp³-hybridized carbons (Fsp3) is 0.714. The zero-order valence-electron chi connectivity index (χ0n) is 7.60. The van der Waals surface area contributed by atoms with Crippen molar-refractivity contribution in [3.8, 4) is 0 Å².